The lowest BCUT2D eigenvalue weighted by Gasteiger charge is -2.14. The predicted octanol–water partition coefficient (Wildman–Crippen LogP) is 2.45. The minimum absolute atomic E-state index is 0.111. The topological polar surface area (TPSA) is 76.4 Å². The average molecular weight is 287 g/mol. The Morgan fingerprint density at radius 2 is 2.10 bits per heavy atom. The maximum atomic E-state index is 12.3. The number of carbonyl (C=O) groups is 2. The van der Waals surface area contributed by atoms with Gasteiger partial charge in [0.05, 0.1) is 12.2 Å². The molecule has 0 aromatic heterocycles. The van der Waals surface area contributed by atoms with Gasteiger partial charge in [0.15, 0.2) is 6.29 Å². The molecule has 106 valence electrons. The molecule has 0 aliphatic carbocycles. The molecule has 0 atom stereocenters. The summed E-state index contributed by atoms with van der Waals surface area (Å²) in [7, 11) is 0. The van der Waals surface area contributed by atoms with Crippen molar-refractivity contribution in [2.75, 3.05) is 6.61 Å². The van der Waals surface area contributed by atoms with E-state index in [4.69, 9.17) is 5.26 Å². The highest BCUT2D eigenvalue weighted by molar-refractivity contribution is 5.98. The highest BCUT2D eigenvalue weighted by atomic mass is 19.4. The molecule has 0 aliphatic heterocycles. The number of esters is 1. The van der Waals surface area contributed by atoms with Crippen LogP contribution in [0.3, 0.4) is 0 Å². The molecule has 8 heteroatoms. The van der Waals surface area contributed by atoms with Crippen LogP contribution in [0.2, 0.25) is 0 Å². The quantitative estimate of drug-likeness (QED) is 0.628. The second-order valence-corrected chi connectivity index (χ2v) is 3.40. The van der Waals surface area contributed by atoms with E-state index >= 15 is 0 Å². The molecule has 0 amide bonds. The zero-order chi connectivity index (χ0) is 15.3. The molecule has 0 aliphatic rings. The summed E-state index contributed by atoms with van der Waals surface area (Å²) in [4.78, 5) is 22.4. The fourth-order valence-corrected chi connectivity index (χ4v) is 1.43. The minimum atomic E-state index is -5.04. The first-order chi connectivity index (χ1) is 9.34. The average Bonchev–Trinajstić information content (AvgIpc) is 2.36. The van der Waals surface area contributed by atoms with E-state index in [0.29, 0.717) is 0 Å². The molecule has 0 spiro atoms. The van der Waals surface area contributed by atoms with Crippen LogP contribution >= 0.6 is 0 Å². The third-order valence-electron chi connectivity index (χ3n) is 2.14. The number of hydrogen-bond acceptors (Lipinski definition) is 5. The Kier molecular flexibility index (Phi) is 4.69. The summed E-state index contributed by atoms with van der Waals surface area (Å²) < 4.78 is 45.0. The molecule has 0 fully saturated rings. The largest absolute Gasteiger partial charge is 0.573 e. The van der Waals surface area contributed by atoms with Crippen LogP contribution in [0, 0.1) is 11.3 Å². The Morgan fingerprint density at radius 1 is 1.45 bits per heavy atom. The van der Waals surface area contributed by atoms with Gasteiger partial charge in [-0.15, -0.1) is 13.2 Å². The van der Waals surface area contributed by atoms with Gasteiger partial charge in [0.2, 0.25) is 0 Å². The van der Waals surface area contributed by atoms with Gasteiger partial charge >= 0.3 is 12.3 Å². The number of alkyl halides is 3. The third-order valence-corrected chi connectivity index (χ3v) is 2.14. The van der Waals surface area contributed by atoms with Crippen molar-refractivity contribution in [2.45, 2.75) is 13.3 Å². The molecule has 1 rings (SSSR count). The van der Waals surface area contributed by atoms with Crippen LogP contribution < -0.4 is 4.74 Å². The summed E-state index contributed by atoms with van der Waals surface area (Å²) >= 11 is 0. The van der Waals surface area contributed by atoms with Crippen LogP contribution in [-0.4, -0.2) is 25.2 Å². The zero-order valence-electron chi connectivity index (χ0n) is 10.2. The Balaban J connectivity index is 3.48. The van der Waals surface area contributed by atoms with Gasteiger partial charge in [-0.3, -0.25) is 4.79 Å². The fraction of sp³-hybridized carbons (Fsp3) is 0.250. The van der Waals surface area contributed by atoms with Crippen LogP contribution in [0.15, 0.2) is 12.1 Å². The Labute approximate surface area is 111 Å². The van der Waals surface area contributed by atoms with E-state index in [1.807, 2.05) is 0 Å². The summed E-state index contributed by atoms with van der Waals surface area (Å²) in [5.41, 5.74) is -1.48. The lowest BCUT2D eigenvalue weighted by atomic mass is 10.0. The van der Waals surface area contributed by atoms with E-state index in [2.05, 4.69) is 9.47 Å². The van der Waals surface area contributed by atoms with Gasteiger partial charge in [-0.25, -0.2) is 4.79 Å². The summed E-state index contributed by atoms with van der Waals surface area (Å²) in [6.45, 7) is 1.33. The monoisotopic (exact) mass is 287 g/mol. The third kappa shape index (κ3) is 3.47. The molecule has 0 N–H and O–H groups in total. The second kappa shape index (κ2) is 6.06. The molecular formula is C12H8F3NO4. The van der Waals surface area contributed by atoms with E-state index < -0.39 is 29.2 Å². The number of aldehydes is 1. The second-order valence-electron chi connectivity index (χ2n) is 3.40. The van der Waals surface area contributed by atoms with Gasteiger partial charge < -0.3 is 9.47 Å². The number of benzene rings is 1. The first kappa shape index (κ1) is 15.5. The van der Waals surface area contributed by atoms with Gasteiger partial charge in [0, 0.05) is 5.56 Å². The number of carbonyl (C=O) groups excluding carboxylic acids is 2. The molecule has 0 saturated carbocycles. The van der Waals surface area contributed by atoms with E-state index in [1.165, 1.54) is 13.0 Å². The number of ether oxygens (including phenoxy) is 2. The highest BCUT2D eigenvalue weighted by Gasteiger charge is 2.34. The normalized spacial score (nSPS) is 10.6. The SMILES string of the molecule is CCOC(=O)c1c(OC(F)(F)F)ccc(C=O)c1C#N. The van der Waals surface area contributed by atoms with Gasteiger partial charge in [-0.05, 0) is 19.1 Å². The van der Waals surface area contributed by atoms with Crippen LogP contribution in [0.4, 0.5) is 13.2 Å². The van der Waals surface area contributed by atoms with Crippen molar-refractivity contribution in [3.8, 4) is 11.8 Å². The van der Waals surface area contributed by atoms with Crippen molar-refractivity contribution in [2.24, 2.45) is 0 Å². The van der Waals surface area contributed by atoms with Crippen molar-refractivity contribution < 1.29 is 32.2 Å². The van der Waals surface area contributed by atoms with E-state index in [-0.39, 0.29) is 18.5 Å². The summed E-state index contributed by atoms with van der Waals surface area (Å²) in [5, 5.41) is 8.92. The van der Waals surface area contributed by atoms with Gasteiger partial charge in [0.1, 0.15) is 17.4 Å². The van der Waals surface area contributed by atoms with Crippen molar-refractivity contribution in [3.05, 3.63) is 28.8 Å². The molecule has 20 heavy (non-hydrogen) atoms. The lowest BCUT2D eigenvalue weighted by molar-refractivity contribution is -0.274. The van der Waals surface area contributed by atoms with Crippen LogP contribution in [0.25, 0.3) is 0 Å². The Hall–Kier alpha value is -2.56. The maximum Gasteiger partial charge on any atom is 0.573 e. The highest BCUT2D eigenvalue weighted by Crippen LogP contribution is 2.30. The smallest absolute Gasteiger partial charge is 0.462 e. The molecule has 1 aromatic rings. The minimum Gasteiger partial charge on any atom is -0.462 e. The zero-order valence-corrected chi connectivity index (χ0v) is 10.2. The van der Waals surface area contributed by atoms with Crippen LogP contribution in [-0.2, 0) is 4.74 Å². The van der Waals surface area contributed by atoms with Crippen LogP contribution in [0.1, 0.15) is 33.2 Å². The molecule has 0 bridgehead atoms. The Morgan fingerprint density at radius 3 is 2.55 bits per heavy atom. The van der Waals surface area contributed by atoms with Crippen LogP contribution in [0.5, 0.6) is 5.75 Å². The number of halogens is 3. The van der Waals surface area contributed by atoms with Crippen molar-refractivity contribution in [3.63, 3.8) is 0 Å². The molecule has 0 heterocycles. The van der Waals surface area contributed by atoms with E-state index in [1.54, 1.807) is 0 Å². The maximum absolute atomic E-state index is 12.3. The number of nitrogens with zero attached hydrogens (tertiary/aromatic N) is 1. The fourth-order valence-electron chi connectivity index (χ4n) is 1.43. The summed E-state index contributed by atoms with van der Waals surface area (Å²) in [5.74, 6) is -2.06. The molecule has 0 saturated heterocycles. The lowest BCUT2D eigenvalue weighted by Crippen LogP contribution is -2.20. The molecule has 0 unspecified atom stereocenters. The van der Waals surface area contributed by atoms with Gasteiger partial charge in [-0.1, -0.05) is 0 Å². The van der Waals surface area contributed by atoms with Crippen molar-refractivity contribution in [1.82, 2.24) is 0 Å². The molecule has 1 aromatic carbocycles. The first-order valence-corrected chi connectivity index (χ1v) is 5.29. The van der Waals surface area contributed by atoms with E-state index in [0.717, 1.165) is 12.1 Å². The predicted molar refractivity (Wildman–Crippen MR) is 59.2 cm³/mol. The first-order valence-electron chi connectivity index (χ1n) is 5.29. The standard InChI is InChI=1S/C12H8F3NO4/c1-2-19-11(18)10-8(5-16)7(6-17)3-4-9(10)20-12(13,14)15/h3-4,6H,2H2,1H3. The Bertz CT molecular complexity index is 575. The number of hydrogen-bond donors (Lipinski definition) is 0. The summed E-state index contributed by atoms with van der Waals surface area (Å²) in [6.07, 6.45) is -4.80. The van der Waals surface area contributed by atoms with Crippen molar-refractivity contribution >= 4 is 12.3 Å². The molecular weight excluding hydrogens is 279 g/mol. The number of rotatable bonds is 4. The summed E-state index contributed by atoms with van der Waals surface area (Å²) in [6, 6.07) is 3.24. The number of nitriles is 1. The molecule has 0 radical (unpaired) electrons. The van der Waals surface area contributed by atoms with Gasteiger partial charge in [0.25, 0.3) is 0 Å². The van der Waals surface area contributed by atoms with E-state index in [9.17, 15) is 22.8 Å². The van der Waals surface area contributed by atoms with Gasteiger partial charge in [-0.2, -0.15) is 5.26 Å². The molecule has 5 nitrogen and oxygen atoms in total. The van der Waals surface area contributed by atoms with Crippen molar-refractivity contribution in [1.29, 1.82) is 5.26 Å².